The summed E-state index contributed by atoms with van der Waals surface area (Å²) in [6, 6.07) is 7.04. The van der Waals surface area contributed by atoms with Gasteiger partial charge in [0, 0.05) is 37.8 Å². The average molecular weight is 554 g/mol. The highest BCUT2D eigenvalue weighted by molar-refractivity contribution is 6.33. The van der Waals surface area contributed by atoms with Crippen molar-refractivity contribution in [2.45, 2.75) is 43.9 Å². The molecule has 5 N–H and O–H groups in total. The Labute approximate surface area is 221 Å². The lowest BCUT2D eigenvalue weighted by Crippen LogP contribution is -2.54. The fourth-order valence-corrected chi connectivity index (χ4v) is 5.06. The molecular weight excluding hydrogens is 527 g/mol. The first-order chi connectivity index (χ1) is 17.9. The molecule has 0 aromatic heterocycles. The van der Waals surface area contributed by atoms with E-state index in [0.717, 1.165) is 23.4 Å². The van der Waals surface area contributed by atoms with Crippen molar-refractivity contribution in [3.05, 3.63) is 58.1 Å². The van der Waals surface area contributed by atoms with Gasteiger partial charge >= 0.3 is 24.2 Å². The van der Waals surface area contributed by atoms with Gasteiger partial charge in [0.05, 0.1) is 16.3 Å². The van der Waals surface area contributed by atoms with Crippen molar-refractivity contribution >= 4 is 41.0 Å². The largest absolute Gasteiger partial charge is 0.480 e. The number of benzene rings is 2. The van der Waals surface area contributed by atoms with Crippen molar-refractivity contribution in [3.8, 4) is 0 Å². The van der Waals surface area contributed by atoms with Crippen molar-refractivity contribution in [2.75, 3.05) is 30.7 Å². The van der Waals surface area contributed by atoms with Gasteiger partial charge in [-0.1, -0.05) is 29.8 Å². The molecule has 9 nitrogen and oxygen atoms in total. The minimum Gasteiger partial charge on any atom is -0.480 e. The number of nitrogens with one attached hydrogen (secondary N) is 2. The number of halogens is 4. The number of aliphatic carboxylic acids is 1. The fraction of sp³-hybridized carbons (Fsp3) is 0.400. The molecule has 0 saturated carbocycles. The van der Waals surface area contributed by atoms with Crippen LogP contribution in [0.1, 0.15) is 29.5 Å². The highest BCUT2D eigenvalue weighted by Gasteiger charge is 2.35. The number of carboxylic acids is 1. The van der Waals surface area contributed by atoms with Crippen LogP contribution in [0.5, 0.6) is 0 Å². The molecule has 2 heterocycles. The van der Waals surface area contributed by atoms with Gasteiger partial charge in [-0.05, 0) is 48.6 Å². The van der Waals surface area contributed by atoms with Crippen LogP contribution in [0.25, 0.3) is 0 Å². The number of hydrogen-bond donors (Lipinski definition) is 4. The van der Waals surface area contributed by atoms with Crippen LogP contribution in [0, 0.1) is 0 Å². The van der Waals surface area contributed by atoms with Crippen LogP contribution in [0.4, 0.5) is 34.1 Å². The molecule has 38 heavy (non-hydrogen) atoms. The van der Waals surface area contributed by atoms with Gasteiger partial charge in [-0.15, -0.1) is 0 Å². The molecular formula is C25H27ClF3N5O4. The van der Waals surface area contributed by atoms with Crippen LogP contribution in [0.2, 0.25) is 5.02 Å². The number of urea groups is 2. The van der Waals surface area contributed by atoms with Crippen molar-refractivity contribution in [2.24, 2.45) is 0 Å². The standard InChI is InChI=1S/C25H27ClF3N5O4/c26-18-12-14(11-17(21(18)30)25(27,28)29)13-20(22(35)36)32-23(37)33-8-6-16(7-9-33)34-10-5-15-3-1-2-4-19(15)31-24(34)38/h1-4,11-12,16,20H,5-10,13,30H2,(H,31,38)(H,32,37)(H,35,36)/t20-/m1/s1. The molecule has 0 radical (unpaired) electrons. The van der Waals surface area contributed by atoms with E-state index in [-0.39, 0.29) is 35.7 Å². The molecule has 0 spiro atoms. The lowest BCUT2D eigenvalue weighted by Gasteiger charge is -2.38. The van der Waals surface area contributed by atoms with Crippen molar-refractivity contribution in [3.63, 3.8) is 0 Å². The summed E-state index contributed by atoms with van der Waals surface area (Å²) in [5.74, 6) is -1.41. The number of nitrogen functional groups attached to an aromatic ring is 1. The SMILES string of the molecule is Nc1c(Cl)cc(C[C@@H](NC(=O)N2CCC(N3CCc4ccccc4NC3=O)CC2)C(=O)O)cc1C(F)(F)F. The number of amides is 4. The first-order valence-electron chi connectivity index (χ1n) is 12.0. The Morgan fingerprint density at radius 1 is 1.18 bits per heavy atom. The number of para-hydroxylation sites is 1. The number of alkyl halides is 3. The molecule has 2 aromatic carbocycles. The number of piperidine rings is 1. The minimum atomic E-state index is -4.77. The first kappa shape index (κ1) is 27.4. The molecule has 4 rings (SSSR count). The van der Waals surface area contributed by atoms with Gasteiger partial charge in [0.15, 0.2) is 0 Å². The third-order valence-corrected chi connectivity index (χ3v) is 7.18. The Bertz CT molecular complexity index is 1230. The molecule has 204 valence electrons. The Hall–Kier alpha value is -3.67. The molecule has 4 amide bonds. The number of likely N-dealkylation sites (tertiary alicyclic amines) is 1. The second kappa shape index (κ2) is 11.0. The van der Waals surface area contributed by atoms with E-state index in [1.54, 1.807) is 4.90 Å². The summed E-state index contributed by atoms with van der Waals surface area (Å²) >= 11 is 5.84. The van der Waals surface area contributed by atoms with Crippen LogP contribution in [-0.4, -0.2) is 64.7 Å². The number of nitrogens with zero attached hydrogens (tertiary/aromatic N) is 2. The van der Waals surface area contributed by atoms with Crippen LogP contribution in [0.15, 0.2) is 36.4 Å². The maximum Gasteiger partial charge on any atom is 0.418 e. The average Bonchev–Trinajstić information content (AvgIpc) is 3.03. The number of fused-ring (bicyclic) bond motifs is 1. The van der Waals surface area contributed by atoms with E-state index >= 15 is 0 Å². The maximum absolute atomic E-state index is 13.3. The molecule has 1 fully saturated rings. The number of hydrogen-bond acceptors (Lipinski definition) is 4. The van der Waals surface area contributed by atoms with E-state index in [4.69, 9.17) is 17.3 Å². The van der Waals surface area contributed by atoms with Gasteiger partial charge in [0.1, 0.15) is 6.04 Å². The van der Waals surface area contributed by atoms with Crippen molar-refractivity contribution < 1.29 is 32.7 Å². The monoisotopic (exact) mass is 553 g/mol. The van der Waals surface area contributed by atoms with Crippen LogP contribution < -0.4 is 16.4 Å². The van der Waals surface area contributed by atoms with Gasteiger partial charge in [0.25, 0.3) is 0 Å². The summed E-state index contributed by atoms with van der Waals surface area (Å²) in [5, 5.41) is 14.6. The van der Waals surface area contributed by atoms with E-state index in [9.17, 15) is 32.7 Å². The smallest absolute Gasteiger partial charge is 0.418 e. The lowest BCUT2D eigenvalue weighted by molar-refractivity contribution is -0.139. The zero-order valence-corrected chi connectivity index (χ0v) is 21.0. The van der Waals surface area contributed by atoms with Crippen LogP contribution in [-0.2, 0) is 23.8 Å². The molecule has 2 aromatic rings. The number of carbonyl (C=O) groups excluding carboxylic acids is 2. The van der Waals surface area contributed by atoms with E-state index in [0.29, 0.717) is 25.8 Å². The minimum absolute atomic E-state index is 0.0314. The number of carboxylic acid groups (broad SMARTS) is 1. The molecule has 0 aliphatic carbocycles. The summed E-state index contributed by atoms with van der Waals surface area (Å²) in [7, 11) is 0. The summed E-state index contributed by atoms with van der Waals surface area (Å²) < 4.78 is 39.8. The molecule has 1 saturated heterocycles. The Balaban J connectivity index is 1.36. The third kappa shape index (κ3) is 6.07. The Morgan fingerprint density at radius 2 is 1.87 bits per heavy atom. The number of anilines is 2. The predicted molar refractivity (Wildman–Crippen MR) is 135 cm³/mol. The highest BCUT2D eigenvalue weighted by atomic mass is 35.5. The summed E-state index contributed by atoms with van der Waals surface area (Å²) in [4.78, 5) is 40.6. The van der Waals surface area contributed by atoms with Gasteiger partial charge in [-0.2, -0.15) is 13.2 Å². The zero-order valence-electron chi connectivity index (χ0n) is 20.2. The maximum atomic E-state index is 13.3. The number of rotatable bonds is 5. The second-order valence-electron chi connectivity index (χ2n) is 9.33. The molecule has 0 unspecified atom stereocenters. The normalized spacial score (nSPS) is 17.3. The molecule has 0 bridgehead atoms. The topological polar surface area (TPSA) is 128 Å². The van der Waals surface area contributed by atoms with E-state index in [1.807, 2.05) is 24.3 Å². The zero-order chi connectivity index (χ0) is 27.6. The predicted octanol–water partition coefficient (Wildman–Crippen LogP) is 4.20. The number of nitrogens with two attached hydrogens (primary N) is 1. The molecule has 2 aliphatic heterocycles. The van der Waals surface area contributed by atoms with Crippen molar-refractivity contribution in [1.82, 2.24) is 15.1 Å². The van der Waals surface area contributed by atoms with Crippen LogP contribution in [0.3, 0.4) is 0 Å². The summed E-state index contributed by atoms with van der Waals surface area (Å²) in [5.41, 5.74) is 5.41. The Morgan fingerprint density at radius 3 is 2.53 bits per heavy atom. The third-order valence-electron chi connectivity index (χ3n) is 6.86. The highest BCUT2D eigenvalue weighted by Crippen LogP contribution is 2.38. The van der Waals surface area contributed by atoms with E-state index < -0.39 is 41.9 Å². The molecule has 13 heteroatoms. The number of carbonyl (C=O) groups is 3. The summed E-state index contributed by atoms with van der Waals surface area (Å²) in [6.45, 7) is 1.10. The van der Waals surface area contributed by atoms with Gasteiger partial charge in [-0.3, -0.25) is 0 Å². The van der Waals surface area contributed by atoms with E-state index in [1.165, 1.54) is 4.90 Å². The molecule has 1 atom stereocenters. The van der Waals surface area contributed by atoms with Gasteiger partial charge in [-0.25, -0.2) is 14.4 Å². The van der Waals surface area contributed by atoms with Crippen LogP contribution >= 0.6 is 11.6 Å². The first-order valence-corrected chi connectivity index (χ1v) is 12.4. The second-order valence-corrected chi connectivity index (χ2v) is 9.74. The van der Waals surface area contributed by atoms with Crippen molar-refractivity contribution in [1.29, 1.82) is 0 Å². The lowest BCUT2D eigenvalue weighted by atomic mass is 10.0. The summed E-state index contributed by atoms with van der Waals surface area (Å²) in [6.07, 6.45) is -3.51. The molecule has 2 aliphatic rings. The van der Waals surface area contributed by atoms with E-state index in [2.05, 4.69) is 10.6 Å². The van der Waals surface area contributed by atoms with Gasteiger partial charge < -0.3 is 31.3 Å². The quantitative estimate of drug-likeness (QED) is 0.413. The fourth-order valence-electron chi connectivity index (χ4n) is 4.82. The Kier molecular flexibility index (Phi) is 7.91. The van der Waals surface area contributed by atoms with Gasteiger partial charge in [0.2, 0.25) is 0 Å².